The fourth-order valence-electron chi connectivity index (χ4n) is 2.78. The zero-order chi connectivity index (χ0) is 14.4. The summed E-state index contributed by atoms with van der Waals surface area (Å²) >= 11 is 0. The lowest BCUT2D eigenvalue weighted by Crippen LogP contribution is -2.45. The Morgan fingerprint density at radius 1 is 1.15 bits per heavy atom. The van der Waals surface area contributed by atoms with Gasteiger partial charge in [0.05, 0.1) is 5.92 Å². The fourth-order valence-corrected chi connectivity index (χ4v) is 2.78. The maximum absolute atomic E-state index is 11.9. The summed E-state index contributed by atoms with van der Waals surface area (Å²) in [6.07, 6.45) is 4.47. The van der Waals surface area contributed by atoms with Gasteiger partial charge in [-0.15, -0.1) is 0 Å². The summed E-state index contributed by atoms with van der Waals surface area (Å²) in [4.78, 5) is 23.1. The van der Waals surface area contributed by atoms with Crippen LogP contribution >= 0.6 is 0 Å². The zero-order valence-electron chi connectivity index (χ0n) is 11.5. The molecule has 2 atom stereocenters. The average molecular weight is 275 g/mol. The lowest BCUT2D eigenvalue weighted by molar-refractivity contribution is -0.144. The first-order valence-corrected chi connectivity index (χ1v) is 7.23. The van der Waals surface area contributed by atoms with E-state index in [1.54, 1.807) is 0 Å². The van der Waals surface area contributed by atoms with Gasteiger partial charge in [0.25, 0.3) is 0 Å². The molecular formula is C16H21NO3. The molecule has 1 aromatic carbocycles. The number of carbonyl (C=O) groups excluding carboxylic acids is 1. The monoisotopic (exact) mass is 275 g/mol. The molecule has 4 heteroatoms. The smallest absolute Gasteiger partial charge is 0.308 e. The van der Waals surface area contributed by atoms with Gasteiger partial charge in [-0.3, -0.25) is 9.59 Å². The summed E-state index contributed by atoms with van der Waals surface area (Å²) in [5, 5.41) is 12.1. The van der Waals surface area contributed by atoms with Crippen LogP contribution in [0.25, 0.3) is 0 Å². The molecule has 4 nitrogen and oxygen atoms in total. The quantitative estimate of drug-likeness (QED) is 0.867. The van der Waals surface area contributed by atoms with Crippen LogP contribution in [-0.2, 0) is 16.0 Å². The SMILES string of the molecule is O=C(CCc1ccccc1)N[C@H]1CCCC[C@H]1C(=O)O. The normalized spacial score (nSPS) is 22.2. The number of benzene rings is 1. The topological polar surface area (TPSA) is 66.4 Å². The van der Waals surface area contributed by atoms with Crippen LogP contribution in [0, 0.1) is 5.92 Å². The van der Waals surface area contributed by atoms with Crippen molar-refractivity contribution >= 4 is 11.9 Å². The van der Waals surface area contributed by atoms with E-state index >= 15 is 0 Å². The Hall–Kier alpha value is -1.84. The molecule has 1 aliphatic carbocycles. The van der Waals surface area contributed by atoms with E-state index in [-0.39, 0.29) is 11.9 Å². The average Bonchev–Trinajstić information content (AvgIpc) is 2.46. The van der Waals surface area contributed by atoms with Gasteiger partial charge >= 0.3 is 5.97 Å². The first-order valence-electron chi connectivity index (χ1n) is 7.23. The highest BCUT2D eigenvalue weighted by molar-refractivity contribution is 5.78. The number of carboxylic acid groups (broad SMARTS) is 1. The third-order valence-electron chi connectivity index (χ3n) is 3.91. The molecule has 0 aromatic heterocycles. The van der Waals surface area contributed by atoms with Gasteiger partial charge in [0.1, 0.15) is 0 Å². The van der Waals surface area contributed by atoms with Crippen LogP contribution in [0.4, 0.5) is 0 Å². The van der Waals surface area contributed by atoms with E-state index in [2.05, 4.69) is 5.32 Å². The van der Waals surface area contributed by atoms with Crippen LogP contribution in [0.1, 0.15) is 37.7 Å². The molecule has 1 amide bonds. The van der Waals surface area contributed by atoms with Gasteiger partial charge in [-0.25, -0.2) is 0 Å². The Labute approximate surface area is 119 Å². The number of aliphatic carboxylic acids is 1. The second-order valence-electron chi connectivity index (χ2n) is 5.39. The van der Waals surface area contributed by atoms with Crippen LogP contribution in [0.3, 0.4) is 0 Å². The molecular weight excluding hydrogens is 254 g/mol. The lowest BCUT2D eigenvalue weighted by Gasteiger charge is -2.29. The van der Waals surface area contributed by atoms with Gasteiger partial charge in [-0.2, -0.15) is 0 Å². The number of hydrogen-bond acceptors (Lipinski definition) is 2. The van der Waals surface area contributed by atoms with E-state index < -0.39 is 11.9 Å². The van der Waals surface area contributed by atoms with E-state index in [9.17, 15) is 14.7 Å². The zero-order valence-corrected chi connectivity index (χ0v) is 11.5. The third kappa shape index (κ3) is 4.08. The molecule has 1 aromatic rings. The highest BCUT2D eigenvalue weighted by atomic mass is 16.4. The molecule has 108 valence electrons. The predicted molar refractivity (Wildman–Crippen MR) is 76.3 cm³/mol. The van der Waals surface area contributed by atoms with Gasteiger partial charge in [-0.05, 0) is 24.8 Å². The molecule has 0 unspecified atom stereocenters. The largest absolute Gasteiger partial charge is 0.481 e. The minimum atomic E-state index is -0.793. The Morgan fingerprint density at radius 2 is 1.85 bits per heavy atom. The van der Waals surface area contributed by atoms with Crippen LogP contribution in [0.15, 0.2) is 30.3 Å². The van der Waals surface area contributed by atoms with Crippen LogP contribution < -0.4 is 5.32 Å². The number of hydrogen-bond donors (Lipinski definition) is 2. The fraction of sp³-hybridized carbons (Fsp3) is 0.500. The molecule has 0 bridgehead atoms. The molecule has 0 radical (unpaired) electrons. The maximum Gasteiger partial charge on any atom is 0.308 e. The van der Waals surface area contributed by atoms with Crippen molar-refractivity contribution in [3.63, 3.8) is 0 Å². The minimum absolute atomic E-state index is 0.0491. The molecule has 2 N–H and O–H groups in total. The Morgan fingerprint density at radius 3 is 2.55 bits per heavy atom. The summed E-state index contributed by atoms with van der Waals surface area (Å²) in [5.74, 6) is -1.27. The second kappa shape index (κ2) is 7.08. The summed E-state index contributed by atoms with van der Waals surface area (Å²) < 4.78 is 0. The molecule has 20 heavy (non-hydrogen) atoms. The lowest BCUT2D eigenvalue weighted by atomic mass is 9.84. The number of carboxylic acids is 1. The van der Waals surface area contributed by atoms with Gasteiger partial charge in [0.15, 0.2) is 0 Å². The minimum Gasteiger partial charge on any atom is -0.481 e. The highest BCUT2D eigenvalue weighted by Gasteiger charge is 2.31. The first kappa shape index (κ1) is 14.6. The van der Waals surface area contributed by atoms with E-state index in [0.717, 1.165) is 24.8 Å². The first-order chi connectivity index (χ1) is 9.66. The standard InChI is InChI=1S/C16H21NO3/c18-15(11-10-12-6-2-1-3-7-12)17-14-9-5-4-8-13(14)16(19)20/h1-3,6-7,13-14H,4-5,8-11H2,(H,17,18)(H,19,20)/t13-,14+/m1/s1. The van der Waals surface area contributed by atoms with Gasteiger partial charge in [-0.1, -0.05) is 43.2 Å². The van der Waals surface area contributed by atoms with E-state index in [1.807, 2.05) is 30.3 Å². The second-order valence-corrected chi connectivity index (χ2v) is 5.39. The number of amides is 1. The Kier molecular flexibility index (Phi) is 5.16. The summed E-state index contributed by atoms with van der Waals surface area (Å²) in [7, 11) is 0. The Balaban J connectivity index is 1.82. The number of nitrogens with one attached hydrogen (secondary N) is 1. The molecule has 0 spiro atoms. The highest BCUT2D eigenvalue weighted by Crippen LogP contribution is 2.24. The molecule has 1 fully saturated rings. The molecule has 1 saturated carbocycles. The molecule has 2 rings (SSSR count). The van der Waals surface area contributed by atoms with Gasteiger partial charge in [0, 0.05) is 12.5 Å². The summed E-state index contributed by atoms with van der Waals surface area (Å²) in [6.45, 7) is 0. The van der Waals surface area contributed by atoms with Crippen LogP contribution in [0.2, 0.25) is 0 Å². The van der Waals surface area contributed by atoms with Gasteiger partial charge in [0.2, 0.25) is 5.91 Å². The van der Waals surface area contributed by atoms with E-state index in [1.165, 1.54) is 0 Å². The third-order valence-corrected chi connectivity index (χ3v) is 3.91. The molecule has 0 saturated heterocycles. The number of carbonyl (C=O) groups is 2. The molecule has 0 aliphatic heterocycles. The van der Waals surface area contributed by atoms with Crippen molar-refractivity contribution in [1.82, 2.24) is 5.32 Å². The van der Waals surface area contributed by atoms with Crippen molar-refractivity contribution in [3.05, 3.63) is 35.9 Å². The van der Waals surface area contributed by atoms with Gasteiger partial charge < -0.3 is 10.4 Å². The van der Waals surface area contributed by atoms with Crippen molar-refractivity contribution in [2.45, 2.75) is 44.6 Å². The van der Waals surface area contributed by atoms with Crippen LogP contribution in [-0.4, -0.2) is 23.0 Å². The van der Waals surface area contributed by atoms with Crippen molar-refractivity contribution in [1.29, 1.82) is 0 Å². The van der Waals surface area contributed by atoms with Crippen molar-refractivity contribution in [3.8, 4) is 0 Å². The summed E-state index contributed by atoms with van der Waals surface area (Å²) in [6, 6.07) is 9.64. The molecule has 0 heterocycles. The van der Waals surface area contributed by atoms with Crippen LogP contribution in [0.5, 0.6) is 0 Å². The maximum atomic E-state index is 11.9. The van der Waals surface area contributed by atoms with Crippen molar-refractivity contribution in [2.24, 2.45) is 5.92 Å². The van der Waals surface area contributed by atoms with Crippen molar-refractivity contribution in [2.75, 3.05) is 0 Å². The summed E-state index contributed by atoms with van der Waals surface area (Å²) in [5.41, 5.74) is 1.13. The van der Waals surface area contributed by atoms with E-state index in [4.69, 9.17) is 0 Å². The Bertz CT molecular complexity index is 458. The predicted octanol–water partition coefficient (Wildman–Crippen LogP) is 2.38. The van der Waals surface area contributed by atoms with Crippen molar-refractivity contribution < 1.29 is 14.7 Å². The number of rotatable bonds is 5. The van der Waals surface area contributed by atoms with E-state index in [0.29, 0.717) is 19.3 Å². The number of aryl methyl sites for hydroxylation is 1. The molecule has 1 aliphatic rings.